The zero-order valence-electron chi connectivity index (χ0n) is 9.38. The second kappa shape index (κ2) is 5.35. The van der Waals surface area contributed by atoms with Gasteiger partial charge in [-0.3, -0.25) is 4.79 Å². The molecular formula is C11H21NO2. The summed E-state index contributed by atoms with van der Waals surface area (Å²) in [5.74, 6) is 1.51. The van der Waals surface area contributed by atoms with Crippen molar-refractivity contribution in [1.29, 1.82) is 0 Å². The zero-order valence-corrected chi connectivity index (χ0v) is 9.38. The third-order valence-corrected chi connectivity index (χ3v) is 2.85. The van der Waals surface area contributed by atoms with Gasteiger partial charge < -0.3 is 10.1 Å². The molecule has 1 N–H and O–H groups in total. The van der Waals surface area contributed by atoms with Gasteiger partial charge in [0.1, 0.15) is 6.10 Å². The lowest BCUT2D eigenvalue weighted by Gasteiger charge is -2.15. The Morgan fingerprint density at radius 3 is 2.71 bits per heavy atom. The fourth-order valence-corrected chi connectivity index (χ4v) is 1.67. The van der Waals surface area contributed by atoms with Gasteiger partial charge in [0, 0.05) is 13.7 Å². The maximum atomic E-state index is 11.5. The molecule has 0 saturated heterocycles. The maximum absolute atomic E-state index is 11.5. The summed E-state index contributed by atoms with van der Waals surface area (Å²) < 4.78 is 5.53. The monoisotopic (exact) mass is 199 g/mol. The molecule has 1 aliphatic carbocycles. The number of hydrogen-bond donors (Lipinski definition) is 1. The molecule has 1 saturated carbocycles. The average Bonchev–Trinajstić information content (AvgIpc) is 2.87. The Balaban J connectivity index is 2.31. The van der Waals surface area contributed by atoms with Crippen LogP contribution in [0.3, 0.4) is 0 Å². The van der Waals surface area contributed by atoms with E-state index in [1.54, 1.807) is 7.05 Å². The first-order chi connectivity index (χ1) is 6.69. The van der Waals surface area contributed by atoms with Gasteiger partial charge in [-0.2, -0.15) is 0 Å². The molecule has 0 spiro atoms. The van der Waals surface area contributed by atoms with Crippen LogP contribution in [-0.2, 0) is 9.53 Å². The van der Waals surface area contributed by atoms with E-state index in [0.717, 1.165) is 18.8 Å². The van der Waals surface area contributed by atoms with E-state index in [0.29, 0.717) is 12.5 Å². The SMILES string of the molecule is CCCOC(CC1CC1C)C(=O)NC. The first-order valence-corrected chi connectivity index (χ1v) is 5.52. The number of hydrogen-bond acceptors (Lipinski definition) is 2. The summed E-state index contributed by atoms with van der Waals surface area (Å²) in [5, 5.41) is 2.66. The molecular weight excluding hydrogens is 178 g/mol. The van der Waals surface area contributed by atoms with Crippen molar-refractivity contribution >= 4 is 5.91 Å². The second-order valence-electron chi connectivity index (χ2n) is 4.18. The van der Waals surface area contributed by atoms with E-state index in [1.165, 1.54) is 6.42 Å². The molecule has 0 aromatic carbocycles. The van der Waals surface area contributed by atoms with Crippen LogP contribution in [0.4, 0.5) is 0 Å². The predicted octanol–water partition coefficient (Wildman–Crippen LogP) is 1.57. The number of carbonyl (C=O) groups is 1. The minimum atomic E-state index is -0.227. The van der Waals surface area contributed by atoms with Gasteiger partial charge in [-0.15, -0.1) is 0 Å². The molecule has 3 nitrogen and oxygen atoms in total. The zero-order chi connectivity index (χ0) is 10.6. The van der Waals surface area contributed by atoms with Crippen LogP contribution in [0.2, 0.25) is 0 Å². The minimum Gasteiger partial charge on any atom is -0.368 e. The first-order valence-electron chi connectivity index (χ1n) is 5.52. The predicted molar refractivity (Wildman–Crippen MR) is 56.0 cm³/mol. The molecule has 0 radical (unpaired) electrons. The topological polar surface area (TPSA) is 38.3 Å². The fraction of sp³-hybridized carbons (Fsp3) is 0.909. The van der Waals surface area contributed by atoms with Gasteiger partial charge in [0.2, 0.25) is 5.91 Å². The Morgan fingerprint density at radius 1 is 1.64 bits per heavy atom. The molecule has 1 rings (SSSR count). The molecule has 0 bridgehead atoms. The minimum absolute atomic E-state index is 0.0255. The van der Waals surface area contributed by atoms with E-state index in [9.17, 15) is 4.79 Å². The van der Waals surface area contributed by atoms with Crippen LogP contribution < -0.4 is 5.32 Å². The molecule has 82 valence electrons. The van der Waals surface area contributed by atoms with Crippen molar-refractivity contribution in [3.8, 4) is 0 Å². The summed E-state index contributed by atoms with van der Waals surface area (Å²) in [7, 11) is 1.67. The Hall–Kier alpha value is -0.570. The molecule has 1 fully saturated rings. The largest absolute Gasteiger partial charge is 0.368 e. The molecule has 3 atom stereocenters. The Labute approximate surface area is 86.2 Å². The van der Waals surface area contributed by atoms with Crippen LogP contribution in [0.1, 0.15) is 33.1 Å². The Kier molecular flexibility index (Phi) is 4.39. The van der Waals surface area contributed by atoms with Crippen LogP contribution in [-0.4, -0.2) is 25.7 Å². The van der Waals surface area contributed by atoms with E-state index in [4.69, 9.17) is 4.74 Å². The Bertz CT molecular complexity index is 194. The summed E-state index contributed by atoms with van der Waals surface area (Å²) in [6.07, 6.45) is 2.88. The number of amides is 1. The van der Waals surface area contributed by atoms with Gasteiger partial charge in [0.25, 0.3) is 0 Å². The number of ether oxygens (including phenoxy) is 1. The van der Waals surface area contributed by atoms with Crippen molar-refractivity contribution < 1.29 is 9.53 Å². The summed E-state index contributed by atoms with van der Waals surface area (Å²) in [5.41, 5.74) is 0. The number of nitrogens with one attached hydrogen (secondary N) is 1. The van der Waals surface area contributed by atoms with Crippen molar-refractivity contribution in [1.82, 2.24) is 5.32 Å². The van der Waals surface area contributed by atoms with Gasteiger partial charge in [-0.1, -0.05) is 13.8 Å². The van der Waals surface area contributed by atoms with Crippen LogP contribution >= 0.6 is 0 Å². The molecule has 0 aromatic rings. The van der Waals surface area contributed by atoms with Crippen LogP contribution in [0.25, 0.3) is 0 Å². The summed E-state index contributed by atoms with van der Waals surface area (Å²) in [6, 6.07) is 0. The number of likely N-dealkylation sites (N-methyl/N-ethyl adjacent to an activating group) is 1. The third-order valence-electron chi connectivity index (χ3n) is 2.85. The molecule has 3 heteroatoms. The highest BCUT2D eigenvalue weighted by Gasteiger charge is 2.36. The van der Waals surface area contributed by atoms with E-state index >= 15 is 0 Å². The number of rotatable bonds is 6. The number of carbonyl (C=O) groups excluding carboxylic acids is 1. The highest BCUT2D eigenvalue weighted by atomic mass is 16.5. The first kappa shape index (κ1) is 11.5. The van der Waals surface area contributed by atoms with E-state index < -0.39 is 0 Å². The van der Waals surface area contributed by atoms with E-state index in [-0.39, 0.29) is 12.0 Å². The summed E-state index contributed by atoms with van der Waals surface area (Å²) in [6.45, 7) is 4.96. The van der Waals surface area contributed by atoms with Gasteiger partial charge in [-0.25, -0.2) is 0 Å². The lowest BCUT2D eigenvalue weighted by atomic mass is 10.1. The van der Waals surface area contributed by atoms with Crippen molar-refractivity contribution in [2.24, 2.45) is 11.8 Å². The van der Waals surface area contributed by atoms with Crippen molar-refractivity contribution in [2.75, 3.05) is 13.7 Å². The van der Waals surface area contributed by atoms with Crippen LogP contribution in [0, 0.1) is 11.8 Å². The quantitative estimate of drug-likeness (QED) is 0.705. The lowest BCUT2D eigenvalue weighted by Crippen LogP contribution is -2.34. The lowest BCUT2D eigenvalue weighted by molar-refractivity contribution is -0.133. The maximum Gasteiger partial charge on any atom is 0.248 e. The van der Waals surface area contributed by atoms with Gasteiger partial charge >= 0.3 is 0 Å². The van der Waals surface area contributed by atoms with Crippen molar-refractivity contribution in [3.63, 3.8) is 0 Å². The van der Waals surface area contributed by atoms with Crippen molar-refractivity contribution in [3.05, 3.63) is 0 Å². The molecule has 0 aromatic heterocycles. The normalized spacial score (nSPS) is 27.1. The van der Waals surface area contributed by atoms with E-state index in [2.05, 4.69) is 19.2 Å². The second-order valence-corrected chi connectivity index (χ2v) is 4.18. The highest BCUT2D eigenvalue weighted by Crippen LogP contribution is 2.41. The van der Waals surface area contributed by atoms with Crippen LogP contribution in [0.15, 0.2) is 0 Å². The molecule has 0 heterocycles. The van der Waals surface area contributed by atoms with E-state index in [1.807, 2.05) is 0 Å². The average molecular weight is 199 g/mol. The Morgan fingerprint density at radius 2 is 2.29 bits per heavy atom. The van der Waals surface area contributed by atoms with Gasteiger partial charge in [0.15, 0.2) is 0 Å². The molecule has 1 amide bonds. The fourth-order valence-electron chi connectivity index (χ4n) is 1.67. The summed E-state index contributed by atoms with van der Waals surface area (Å²) >= 11 is 0. The standard InChI is InChI=1S/C11H21NO2/c1-4-5-14-10(11(13)12-3)7-9-6-8(9)2/h8-10H,4-7H2,1-3H3,(H,12,13). The molecule has 1 aliphatic rings. The van der Waals surface area contributed by atoms with Crippen molar-refractivity contribution in [2.45, 2.75) is 39.2 Å². The van der Waals surface area contributed by atoms with Gasteiger partial charge in [-0.05, 0) is 31.1 Å². The smallest absolute Gasteiger partial charge is 0.248 e. The summed E-state index contributed by atoms with van der Waals surface area (Å²) in [4.78, 5) is 11.5. The van der Waals surface area contributed by atoms with Gasteiger partial charge in [0.05, 0.1) is 0 Å². The molecule has 0 aliphatic heterocycles. The van der Waals surface area contributed by atoms with Crippen LogP contribution in [0.5, 0.6) is 0 Å². The molecule has 14 heavy (non-hydrogen) atoms. The third kappa shape index (κ3) is 3.29. The molecule has 3 unspecified atom stereocenters. The highest BCUT2D eigenvalue weighted by molar-refractivity contribution is 5.80.